The molecule has 8 heteroatoms. The Labute approximate surface area is 138 Å². The van der Waals surface area contributed by atoms with Crippen molar-refractivity contribution in [3.8, 4) is 0 Å². The summed E-state index contributed by atoms with van der Waals surface area (Å²) < 4.78 is 10.3. The molecule has 8 nitrogen and oxygen atoms in total. The van der Waals surface area contributed by atoms with E-state index < -0.39 is 10.9 Å². The molecule has 24 heavy (non-hydrogen) atoms. The van der Waals surface area contributed by atoms with Gasteiger partial charge in [-0.25, -0.2) is 4.79 Å². The standard InChI is InChI=1S/C16H17N3O5/c1-4-23-16(20)14-9-24-11(3)15(14)10(2)17-18-12-5-7-13(8-6-12)19(21)22/h5-9,18H,4H2,1-3H3/b17-10+. The van der Waals surface area contributed by atoms with E-state index in [4.69, 9.17) is 9.15 Å². The maximum absolute atomic E-state index is 11.9. The van der Waals surface area contributed by atoms with Crippen LogP contribution in [0.25, 0.3) is 0 Å². The number of hydrogen-bond acceptors (Lipinski definition) is 7. The number of nitro benzene ring substituents is 1. The number of rotatable bonds is 6. The molecule has 0 atom stereocenters. The molecule has 0 saturated heterocycles. The van der Waals surface area contributed by atoms with Crippen molar-refractivity contribution in [2.45, 2.75) is 20.8 Å². The van der Waals surface area contributed by atoms with Crippen LogP contribution < -0.4 is 5.43 Å². The first-order valence-corrected chi connectivity index (χ1v) is 7.24. The number of nitro groups is 1. The van der Waals surface area contributed by atoms with Crippen molar-refractivity contribution in [2.75, 3.05) is 12.0 Å². The molecule has 0 spiro atoms. The van der Waals surface area contributed by atoms with Gasteiger partial charge in [0, 0.05) is 12.1 Å². The molecule has 1 N–H and O–H groups in total. The van der Waals surface area contributed by atoms with E-state index in [1.54, 1.807) is 32.9 Å². The second-order valence-corrected chi connectivity index (χ2v) is 4.91. The normalized spacial score (nSPS) is 11.2. The molecule has 2 aromatic rings. The first-order valence-electron chi connectivity index (χ1n) is 7.24. The van der Waals surface area contributed by atoms with Crippen LogP contribution >= 0.6 is 0 Å². The lowest BCUT2D eigenvalue weighted by Crippen LogP contribution is -2.10. The van der Waals surface area contributed by atoms with Crippen LogP contribution in [0.15, 0.2) is 40.0 Å². The fourth-order valence-corrected chi connectivity index (χ4v) is 2.13. The molecular weight excluding hydrogens is 314 g/mol. The Morgan fingerprint density at radius 1 is 1.38 bits per heavy atom. The number of benzene rings is 1. The van der Waals surface area contributed by atoms with Crippen LogP contribution in [0.1, 0.15) is 35.5 Å². The molecule has 0 fully saturated rings. The number of nitrogens with one attached hydrogen (secondary N) is 1. The third kappa shape index (κ3) is 3.78. The molecule has 1 aromatic carbocycles. The predicted octanol–water partition coefficient (Wildman–Crippen LogP) is 3.51. The minimum Gasteiger partial charge on any atom is -0.468 e. The second kappa shape index (κ2) is 7.40. The average molecular weight is 331 g/mol. The minimum absolute atomic E-state index is 0.00321. The van der Waals surface area contributed by atoms with Crippen molar-refractivity contribution in [2.24, 2.45) is 5.10 Å². The number of hydrazone groups is 1. The Hall–Kier alpha value is -3.16. The van der Waals surface area contributed by atoms with Crippen LogP contribution in [0.2, 0.25) is 0 Å². The summed E-state index contributed by atoms with van der Waals surface area (Å²) >= 11 is 0. The third-order valence-electron chi connectivity index (χ3n) is 3.26. The highest BCUT2D eigenvalue weighted by Crippen LogP contribution is 2.20. The molecule has 0 saturated carbocycles. The number of anilines is 1. The summed E-state index contributed by atoms with van der Waals surface area (Å²) in [5.41, 5.74) is 4.77. The smallest absolute Gasteiger partial charge is 0.342 e. The van der Waals surface area contributed by atoms with Crippen LogP contribution in [0.5, 0.6) is 0 Å². The van der Waals surface area contributed by atoms with E-state index in [-0.39, 0.29) is 12.3 Å². The minimum atomic E-state index is -0.478. The lowest BCUT2D eigenvalue weighted by atomic mass is 10.1. The predicted molar refractivity (Wildman–Crippen MR) is 88.3 cm³/mol. The van der Waals surface area contributed by atoms with Crippen LogP contribution in [-0.2, 0) is 4.74 Å². The molecule has 0 aliphatic carbocycles. The van der Waals surface area contributed by atoms with Gasteiger partial charge in [0.25, 0.3) is 5.69 Å². The highest BCUT2D eigenvalue weighted by Gasteiger charge is 2.20. The maximum Gasteiger partial charge on any atom is 0.342 e. The summed E-state index contributed by atoms with van der Waals surface area (Å²) in [4.78, 5) is 22.1. The number of ether oxygens (including phenoxy) is 1. The number of carbonyl (C=O) groups excluding carboxylic acids is 1. The van der Waals surface area contributed by atoms with Crippen molar-refractivity contribution in [1.29, 1.82) is 0 Å². The summed E-state index contributed by atoms with van der Waals surface area (Å²) in [7, 11) is 0. The topological polar surface area (TPSA) is 107 Å². The van der Waals surface area contributed by atoms with Gasteiger partial charge in [0.2, 0.25) is 0 Å². The van der Waals surface area contributed by atoms with Gasteiger partial charge in [-0.05, 0) is 32.9 Å². The van der Waals surface area contributed by atoms with Gasteiger partial charge < -0.3 is 9.15 Å². The van der Waals surface area contributed by atoms with E-state index in [1.807, 2.05) is 0 Å². The van der Waals surface area contributed by atoms with Gasteiger partial charge in [0.1, 0.15) is 17.6 Å². The molecule has 0 radical (unpaired) electrons. The van der Waals surface area contributed by atoms with E-state index >= 15 is 0 Å². The van der Waals surface area contributed by atoms with Gasteiger partial charge in [0.05, 0.1) is 28.5 Å². The molecule has 1 aromatic heterocycles. The van der Waals surface area contributed by atoms with Crippen molar-refractivity contribution in [3.05, 3.63) is 57.5 Å². The molecule has 0 bridgehead atoms. The quantitative estimate of drug-likeness (QED) is 0.376. The monoisotopic (exact) mass is 331 g/mol. The van der Waals surface area contributed by atoms with Gasteiger partial charge in [-0.15, -0.1) is 0 Å². The summed E-state index contributed by atoms with van der Waals surface area (Å²) in [6.45, 7) is 5.43. The SMILES string of the molecule is CCOC(=O)c1coc(C)c1/C(C)=N/Nc1ccc([N+](=O)[O-])cc1. The van der Waals surface area contributed by atoms with Crippen LogP contribution in [-0.4, -0.2) is 23.2 Å². The summed E-state index contributed by atoms with van der Waals surface area (Å²) in [6.07, 6.45) is 1.34. The van der Waals surface area contributed by atoms with Gasteiger partial charge >= 0.3 is 5.97 Å². The average Bonchev–Trinajstić information content (AvgIpc) is 2.95. The molecule has 0 amide bonds. The lowest BCUT2D eigenvalue weighted by molar-refractivity contribution is -0.384. The van der Waals surface area contributed by atoms with E-state index in [0.29, 0.717) is 28.3 Å². The fraction of sp³-hybridized carbons (Fsp3) is 0.250. The highest BCUT2D eigenvalue weighted by molar-refractivity contribution is 6.08. The second-order valence-electron chi connectivity index (χ2n) is 4.91. The molecule has 0 unspecified atom stereocenters. The largest absolute Gasteiger partial charge is 0.468 e. The van der Waals surface area contributed by atoms with E-state index in [1.165, 1.54) is 18.4 Å². The lowest BCUT2D eigenvalue weighted by Gasteiger charge is -2.05. The van der Waals surface area contributed by atoms with Gasteiger partial charge in [-0.2, -0.15) is 5.10 Å². The van der Waals surface area contributed by atoms with Crippen molar-refractivity contribution in [1.82, 2.24) is 0 Å². The zero-order valence-electron chi connectivity index (χ0n) is 13.5. The molecule has 0 aliphatic rings. The number of aryl methyl sites for hydroxylation is 1. The van der Waals surface area contributed by atoms with Crippen LogP contribution in [0, 0.1) is 17.0 Å². The Morgan fingerprint density at radius 3 is 2.62 bits per heavy atom. The number of hydrogen-bond donors (Lipinski definition) is 1. The molecular formula is C16H17N3O5. The van der Waals surface area contributed by atoms with Crippen molar-refractivity contribution >= 4 is 23.1 Å². The number of nitrogens with zero attached hydrogens (tertiary/aromatic N) is 2. The molecule has 0 aliphatic heterocycles. The maximum atomic E-state index is 11.9. The zero-order chi connectivity index (χ0) is 17.7. The summed E-state index contributed by atoms with van der Waals surface area (Å²) in [5.74, 6) is 0.0686. The first-order chi connectivity index (χ1) is 11.4. The molecule has 2 rings (SSSR count). The summed E-state index contributed by atoms with van der Waals surface area (Å²) in [6, 6.07) is 5.84. The van der Waals surface area contributed by atoms with Crippen molar-refractivity contribution < 1.29 is 18.9 Å². The number of esters is 1. The molecule has 126 valence electrons. The Kier molecular flexibility index (Phi) is 5.31. The number of furan rings is 1. The first kappa shape index (κ1) is 17.2. The van der Waals surface area contributed by atoms with E-state index in [9.17, 15) is 14.9 Å². The molecule has 1 heterocycles. The number of carbonyl (C=O) groups is 1. The van der Waals surface area contributed by atoms with Crippen LogP contribution in [0.4, 0.5) is 11.4 Å². The Balaban J connectivity index is 2.20. The van der Waals surface area contributed by atoms with Gasteiger partial charge in [-0.1, -0.05) is 0 Å². The highest BCUT2D eigenvalue weighted by atomic mass is 16.6. The van der Waals surface area contributed by atoms with Gasteiger partial charge in [0.15, 0.2) is 0 Å². The summed E-state index contributed by atoms with van der Waals surface area (Å²) in [5, 5.41) is 14.8. The Morgan fingerprint density at radius 2 is 2.04 bits per heavy atom. The number of non-ortho nitro benzene ring substituents is 1. The van der Waals surface area contributed by atoms with Crippen molar-refractivity contribution in [3.63, 3.8) is 0 Å². The third-order valence-corrected chi connectivity index (χ3v) is 3.26. The Bertz CT molecular complexity index is 778. The zero-order valence-corrected chi connectivity index (χ0v) is 13.5. The van der Waals surface area contributed by atoms with Gasteiger partial charge in [-0.3, -0.25) is 15.5 Å². The van der Waals surface area contributed by atoms with E-state index in [2.05, 4.69) is 10.5 Å². The fourth-order valence-electron chi connectivity index (χ4n) is 2.13. The van der Waals surface area contributed by atoms with Crippen LogP contribution in [0.3, 0.4) is 0 Å². The van der Waals surface area contributed by atoms with E-state index in [0.717, 1.165) is 0 Å².